The number of benzene rings is 1. The summed E-state index contributed by atoms with van der Waals surface area (Å²) in [5.41, 5.74) is 6.41. The zero-order valence-electron chi connectivity index (χ0n) is 11.6. The summed E-state index contributed by atoms with van der Waals surface area (Å²) >= 11 is 0. The van der Waals surface area contributed by atoms with Gasteiger partial charge in [0, 0.05) is 19.2 Å². The largest absolute Gasteiger partial charge is 0.339 e. The van der Waals surface area contributed by atoms with Crippen LogP contribution in [0.5, 0.6) is 0 Å². The third-order valence-electron chi connectivity index (χ3n) is 3.69. The smallest absolute Gasteiger partial charge is 0.246 e. The highest BCUT2D eigenvalue weighted by atomic mass is 19.1. The van der Waals surface area contributed by atoms with E-state index in [1.807, 2.05) is 4.90 Å². The van der Waals surface area contributed by atoms with Gasteiger partial charge in [-0.1, -0.05) is 12.1 Å². The number of hydrogen-bond donors (Lipinski definition) is 1. The van der Waals surface area contributed by atoms with Gasteiger partial charge in [-0.3, -0.25) is 4.79 Å². The van der Waals surface area contributed by atoms with Gasteiger partial charge in [0.1, 0.15) is 5.82 Å². The average molecular weight is 276 g/mol. The number of amides is 1. The van der Waals surface area contributed by atoms with Gasteiger partial charge in [0.2, 0.25) is 5.91 Å². The van der Waals surface area contributed by atoms with Crippen molar-refractivity contribution in [1.29, 1.82) is 0 Å². The molecule has 1 aliphatic heterocycles. The molecule has 3 nitrogen and oxygen atoms in total. The standard InChI is InChI=1S/C16H21FN2O/c17-15-6-3-13(4-7-15)5-8-16(20)19-11-1-2-14(12-19)9-10-18/h3-8,14H,1-2,9-12,18H2. The summed E-state index contributed by atoms with van der Waals surface area (Å²) in [6, 6.07) is 6.10. The van der Waals surface area contributed by atoms with Crippen molar-refractivity contribution in [2.24, 2.45) is 11.7 Å². The fourth-order valence-corrected chi connectivity index (χ4v) is 2.58. The lowest BCUT2D eigenvalue weighted by Gasteiger charge is -2.32. The predicted octanol–water partition coefficient (Wildman–Crippen LogP) is 2.43. The molecule has 20 heavy (non-hydrogen) atoms. The lowest BCUT2D eigenvalue weighted by Crippen LogP contribution is -2.39. The van der Waals surface area contributed by atoms with Crippen LogP contribution in [0.3, 0.4) is 0 Å². The molecule has 1 saturated heterocycles. The first-order valence-corrected chi connectivity index (χ1v) is 7.11. The molecule has 2 rings (SSSR count). The molecule has 1 aliphatic rings. The van der Waals surface area contributed by atoms with E-state index in [0.717, 1.165) is 37.9 Å². The van der Waals surface area contributed by atoms with E-state index in [4.69, 9.17) is 5.73 Å². The molecule has 1 atom stereocenters. The van der Waals surface area contributed by atoms with Crippen molar-refractivity contribution < 1.29 is 9.18 Å². The van der Waals surface area contributed by atoms with Gasteiger partial charge >= 0.3 is 0 Å². The van der Waals surface area contributed by atoms with E-state index in [9.17, 15) is 9.18 Å². The topological polar surface area (TPSA) is 46.3 Å². The first kappa shape index (κ1) is 14.7. The van der Waals surface area contributed by atoms with Crippen LogP contribution < -0.4 is 5.73 Å². The fraction of sp³-hybridized carbons (Fsp3) is 0.438. The SMILES string of the molecule is NCCC1CCCN(C(=O)C=Cc2ccc(F)cc2)C1. The zero-order chi connectivity index (χ0) is 14.4. The molecule has 0 saturated carbocycles. The number of rotatable bonds is 4. The molecule has 1 heterocycles. The van der Waals surface area contributed by atoms with Crippen LogP contribution in [0.15, 0.2) is 30.3 Å². The maximum absolute atomic E-state index is 12.8. The van der Waals surface area contributed by atoms with Crippen LogP contribution in [-0.2, 0) is 4.79 Å². The van der Waals surface area contributed by atoms with E-state index in [0.29, 0.717) is 12.5 Å². The molecular formula is C16H21FN2O. The minimum absolute atomic E-state index is 0.0241. The number of piperidine rings is 1. The molecule has 1 fully saturated rings. The van der Waals surface area contributed by atoms with Crippen molar-refractivity contribution in [2.45, 2.75) is 19.3 Å². The summed E-state index contributed by atoms with van der Waals surface area (Å²) in [5.74, 6) is 0.280. The third kappa shape index (κ3) is 4.17. The summed E-state index contributed by atoms with van der Waals surface area (Å²) in [6.07, 6.45) is 6.47. The lowest BCUT2D eigenvalue weighted by atomic mass is 9.95. The number of likely N-dealkylation sites (tertiary alicyclic amines) is 1. The van der Waals surface area contributed by atoms with Crippen LogP contribution >= 0.6 is 0 Å². The molecular weight excluding hydrogens is 255 g/mol. The van der Waals surface area contributed by atoms with E-state index in [1.165, 1.54) is 12.1 Å². The van der Waals surface area contributed by atoms with E-state index in [1.54, 1.807) is 24.3 Å². The predicted molar refractivity (Wildman–Crippen MR) is 78.4 cm³/mol. The second kappa shape index (κ2) is 7.20. The number of hydrogen-bond acceptors (Lipinski definition) is 2. The third-order valence-corrected chi connectivity index (χ3v) is 3.69. The average Bonchev–Trinajstić information content (AvgIpc) is 2.47. The van der Waals surface area contributed by atoms with Crippen molar-refractivity contribution in [3.63, 3.8) is 0 Å². The van der Waals surface area contributed by atoms with Crippen LogP contribution in [0, 0.1) is 11.7 Å². The van der Waals surface area contributed by atoms with Gasteiger partial charge < -0.3 is 10.6 Å². The second-order valence-corrected chi connectivity index (χ2v) is 5.25. The molecule has 0 aromatic heterocycles. The quantitative estimate of drug-likeness (QED) is 0.859. The Labute approximate surface area is 119 Å². The maximum atomic E-state index is 12.8. The minimum Gasteiger partial charge on any atom is -0.339 e. The Balaban J connectivity index is 1.92. The Bertz CT molecular complexity index is 468. The van der Waals surface area contributed by atoms with Crippen LogP contribution in [0.4, 0.5) is 4.39 Å². The number of nitrogens with zero attached hydrogens (tertiary/aromatic N) is 1. The number of carbonyl (C=O) groups excluding carboxylic acids is 1. The minimum atomic E-state index is -0.269. The Morgan fingerprint density at radius 2 is 2.15 bits per heavy atom. The molecule has 0 aliphatic carbocycles. The normalized spacial score (nSPS) is 19.5. The van der Waals surface area contributed by atoms with Crippen LogP contribution in [0.1, 0.15) is 24.8 Å². The Morgan fingerprint density at radius 1 is 1.40 bits per heavy atom. The van der Waals surface area contributed by atoms with Gasteiger partial charge in [0.25, 0.3) is 0 Å². The highest BCUT2D eigenvalue weighted by molar-refractivity contribution is 5.91. The molecule has 2 N–H and O–H groups in total. The van der Waals surface area contributed by atoms with Gasteiger partial charge in [0.15, 0.2) is 0 Å². The molecule has 4 heteroatoms. The second-order valence-electron chi connectivity index (χ2n) is 5.25. The van der Waals surface area contributed by atoms with E-state index >= 15 is 0 Å². The van der Waals surface area contributed by atoms with E-state index < -0.39 is 0 Å². The summed E-state index contributed by atoms with van der Waals surface area (Å²) in [7, 11) is 0. The monoisotopic (exact) mass is 276 g/mol. The highest BCUT2D eigenvalue weighted by Gasteiger charge is 2.21. The summed E-state index contributed by atoms with van der Waals surface area (Å²) in [5, 5.41) is 0. The zero-order valence-corrected chi connectivity index (χ0v) is 11.6. The summed E-state index contributed by atoms with van der Waals surface area (Å²) < 4.78 is 12.8. The molecule has 108 valence electrons. The summed E-state index contributed by atoms with van der Waals surface area (Å²) in [4.78, 5) is 14.0. The Hall–Kier alpha value is -1.68. The van der Waals surface area contributed by atoms with Gasteiger partial charge in [-0.05, 0) is 55.5 Å². The highest BCUT2D eigenvalue weighted by Crippen LogP contribution is 2.19. The molecule has 1 amide bonds. The van der Waals surface area contributed by atoms with Crippen molar-refractivity contribution in [3.8, 4) is 0 Å². The molecule has 1 unspecified atom stereocenters. The molecule has 1 aromatic carbocycles. The van der Waals surface area contributed by atoms with Crippen molar-refractivity contribution in [1.82, 2.24) is 4.90 Å². The summed E-state index contributed by atoms with van der Waals surface area (Å²) in [6.45, 7) is 2.29. The fourth-order valence-electron chi connectivity index (χ4n) is 2.58. The van der Waals surface area contributed by atoms with Crippen molar-refractivity contribution >= 4 is 12.0 Å². The Kier molecular flexibility index (Phi) is 5.30. The van der Waals surface area contributed by atoms with Gasteiger partial charge in [-0.15, -0.1) is 0 Å². The molecule has 1 aromatic rings. The van der Waals surface area contributed by atoms with Crippen molar-refractivity contribution in [2.75, 3.05) is 19.6 Å². The van der Waals surface area contributed by atoms with Gasteiger partial charge in [-0.25, -0.2) is 4.39 Å². The number of nitrogens with two attached hydrogens (primary N) is 1. The molecule has 0 radical (unpaired) electrons. The molecule has 0 spiro atoms. The number of halogens is 1. The van der Waals surface area contributed by atoms with E-state index in [2.05, 4.69) is 0 Å². The Morgan fingerprint density at radius 3 is 2.85 bits per heavy atom. The van der Waals surface area contributed by atoms with E-state index in [-0.39, 0.29) is 11.7 Å². The van der Waals surface area contributed by atoms with Crippen LogP contribution in [0.2, 0.25) is 0 Å². The van der Waals surface area contributed by atoms with Crippen molar-refractivity contribution in [3.05, 3.63) is 41.7 Å². The number of carbonyl (C=O) groups is 1. The maximum Gasteiger partial charge on any atom is 0.246 e. The lowest BCUT2D eigenvalue weighted by molar-refractivity contribution is -0.127. The first-order valence-electron chi connectivity index (χ1n) is 7.11. The van der Waals surface area contributed by atoms with Gasteiger partial charge in [-0.2, -0.15) is 0 Å². The van der Waals surface area contributed by atoms with Crippen LogP contribution in [-0.4, -0.2) is 30.4 Å². The van der Waals surface area contributed by atoms with Crippen LogP contribution in [0.25, 0.3) is 6.08 Å². The molecule has 0 bridgehead atoms. The first-order chi connectivity index (χ1) is 9.69. The van der Waals surface area contributed by atoms with Gasteiger partial charge in [0.05, 0.1) is 0 Å².